The molecule has 0 spiro atoms. The number of anilines is 2. The molecule has 96 valence electrons. The lowest BCUT2D eigenvalue weighted by Gasteiger charge is -2.05. The van der Waals surface area contributed by atoms with Gasteiger partial charge in [-0.15, -0.1) is 5.10 Å². The average molecular weight is 287 g/mol. The Morgan fingerprint density at radius 2 is 1.94 bits per heavy atom. The van der Waals surface area contributed by atoms with Gasteiger partial charge in [0, 0.05) is 0 Å². The second-order valence-electron chi connectivity index (χ2n) is 3.50. The summed E-state index contributed by atoms with van der Waals surface area (Å²) in [5, 5.41) is 14.7. The van der Waals surface area contributed by atoms with E-state index >= 15 is 0 Å². The summed E-state index contributed by atoms with van der Waals surface area (Å²) in [7, 11) is 0. The van der Waals surface area contributed by atoms with Crippen LogP contribution in [-0.4, -0.2) is 16.7 Å². The van der Waals surface area contributed by atoms with Crippen LogP contribution in [0.4, 0.5) is 11.7 Å². The predicted molar refractivity (Wildman–Crippen MR) is 71.4 cm³/mol. The van der Waals surface area contributed by atoms with Crippen molar-refractivity contribution in [1.29, 1.82) is 0 Å². The fourth-order valence-corrected chi connectivity index (χ4v) is 1.82. The number of para-hydroxylation sites is 1. The van der Waals surface area contributed by atoms with E-state index in [0.29, 0.717) is 28.2 Å². The van der Waals surface area contributed by atoms with Crippen molar-refractivity contribution >= 4 is 34.9 Å². The summed E-state index contributed by atoms with van der Waals surface area (Å²) in [5.41, 5.74) is 0.555. The molecule has 0 amide bonds. The van der Waals surface area contributed by atoms with Gasteiger partial charge >= 0.3 is 6.01 Å². The number of benzene rings is 1. The Morgan fingerprint density at radius 1 is 1.22 bits per heavy atom. The minimum atomic E-state index is 0.262. The van der Waals surface area contributed by atoms with E-state index in [0.717, 1.165) is 6.54 Å². The Balaban J connectivity index is 2.11. The Labute approximate surface area is 114 Å². The van der Waals surface area contributed by atoms with Crippen LogP contribution in [0, 0.1) is 0 Å². The Bertz CT molecular complexity index is 509. The van der Waals surface area contributed by atoms with Crippen LogP contribution in [0.2, 0.25) is 10.0 Å². The van der Waals surface area contributed by atoms with E-state index in [1.165, 1.54) is 0 Å². The molecule has 0 aliphatic carbocycles. The van der Waals surface area contributed by atoms with Gasteiger partial charge in [0.25, 0.3) is 0 Å². The topological polar surface area (TPSA) is 63.0 Å². The molecular weight excluding hydrogens is 275 g/mol. The van der Waals surface area contributed by atoms with Gasteiger partial charge in [0.2, 0.25) is 5.89 Å². The average Bonchev–Trinajstić information content (AvgIpc) is 2.79. The molecule has 1 aromatic carbocycles. The smallest absolute Gasteiger partial charge is 0.320 e. The first-order chi connectivity index (χ1) is 8.70. The van der Waals surface area contributed by atoms with Crippen molar-refractivity contribution in [2.75, 3.05) is 11.9 Å². The van der Waals surface area contributed by atoms with Gasteiger partial charge in [-0.3, -0.25) is 0 Å². The van der Waals surface area contributed by atoms with Crippen LogP contribution in [-0.2, 0) is 6.54 Å². The van der Waals surface area contributed by atoms with Gasteiger partial charge in [0.1, 0.15) is 0 Å². The maximum absolute atomic E-state index is 6.02. The summed E-state index contributed by atoms with van der Waals surface area (Å²) in [6.45, 7) is 3.36. The van der Waals surface area contributed by atoms with Crippen molar-refractivity contribution in [3.63, 3.8) is 0 Å². The molecule has 0 aliphatic rings. The van der Waals surface area contributed by atoms with E-state index in [1.54, 1.807) is 18.2 Å². The standard InChI is InChI=1S/C11H12Cl2N4O/c1-2-14-6-9-16-17-11(18-9)15-10-7(12)4-3-5-8(10)13/h3-5,14H,2,6H2,1H3,(H,15,17). The molecule has 5 nitrogen and oxygen atoms in total. The van der Waals surface area contributed by atoms with Crippen molar-refractivity contribution in [2.45, 2.75) is 13.5 Å². The van der Waals surface area contributed by atoms with Gasteiger partial charge in [-0.2, -0.15) is 0 Å². The van der Waals surface area contributed by atoms with E-state index < -0.39 is 0 Å². The number of hydrogen-bond acceptors (Lipinski definition) is 5. The van der Waals surface area contributed by atoms with Crippen LogP contribution >= 0.6 is 23.2 Å². The van der Waals surface area contributed by atoms with Gasteiger partial charge in [-0.25, -0.2) is 0 Å². The largest absolute Gasteiger partial charge is 0.406 e. The second-order valence-corrected chi connectivity index (χ2v) is 4.32. The molecule has 0 radical (unpaired) electrons. The molecule has 0 fully saturated rings. The molecule has 0 bridgehead atoms. The lowest BCUT2D eigenvalue weighted by Crippen LogP contribution is -2.11. The van der Waals surface area contributed by atoms with E-state index in [-0.39, 0.29) is 6.01 Å². The third-order valence-electron chi connectivity index (χ3n) is 2.19. The highest BCUT2D eigenvalue weighted by Crippen LogP contribution is 2.31. The van der Waals surface area contributed by atoms with Crippen LogP contribution in [0.5, 0.6) is 0 Å². The summed E-state index contributed by atoms with van der Waals surface area (Å²) in [6, 6.07) is 5.48. The van der Waals surface area contributed by atoms with Crippen molar-refractivity contribution < 1.29 is 4.42 Å². The third kappa shape index (κ3) is 3.13. The number of aromatic nitrogens is 2. The summed E-state index contributed by atoms with van der Waals surface area (Å²) >= 11 is 12.0. The van der Waals surface area contributed by atoms with Crippen molar-refractivity contribution in [1.82, 2.24) is 15.5 Å². The normalized spacial score (nSPS) is 10.6. The van der Waals surface area contributed by atoms with Gasteiger partial charge in [0.05, 0.1) is 22.3 Å². The zero-order valence-electron chi connectivity index (χ0n) is 9.70. The lowest BCUT2D eigenvalue weighted by molar-refractivity contribution is 0.484. The zero-order valence-corrected chi connectivity index (χ0v) is 11.2. The third-order valence-corrected chi connectivity index (χ3v) is 2.82. The van der Waals surface area contributed by atoms with E-state index in [2.05, 4.69) is 20.8 Å². The highest BCUT2D eigenvalue weighted by Gasteiger charge is 2.10. The molecule has 2 rings (SSSR count). The summed E-state index contributed by atoms with van der Waals surface area (Å²) < 4.78 is 5.39. The quantitative estimate of drug-likeness (QED) is 0.884. The fraction of sp³-hybridized carbons (Fsp3) is 0.273. The second kappa shape index (κ2) is 6.04. The molecule has 2 N–H and O–H groups in total. The van der Waals surface area contributed by atoms with Crippen LogP contribution in [0.25, 0.3) is 0 Å². The first-order valence-electron chi connectivity index (χ1n) is 5.45. The van der Waals surface area contributed by atoms with Gasteiger partial charge in [-0.05, 0) is 18.7 Å². The molecule has 0 saturated heterocycles. The van der Waals surface area contributed by atoms with Gasteiger partial charge in [0.15, 0.2) is 0 Å². The molecule has 0 saturated carbocycles. The molecule has 0 atom stereocenters. The summed E-state index contributed by atoms with van der Waals surface area (Å²) in [5.74, 6) is 0.502. The van der Waals surface area contributed by atoms with E-state index in [4.69, 9.17) is 27.6 Å². The van der Waals surface area contributed by atoms with Crippen LogP contribution in [0.3, 0.4) is 0 Å². The number of nitrogens with zero attached hydrogens (tertiary/aromatic N) is 2. The van der Waals surface area contributed by atoms with Crippen molar-refractivity contribution in [2.24, 2.45) is 0 Å². The Morgan fingerprint density at radius 3 is 2.61 bits per heavy atom. The summed E-state index contributed by atoms with van der Waals surface area (Å²) in [6.07, 6.45) is 0. The Hall–Kier alpha value is -1.30. The summed E-state index contributed by atoms with van der Waals surface area (Å²) in [4.78, 5) is 0. The minimum Gasteiger partial charge on any atom is -0.406 e. The molecule has 0 unspecified atom stereocenters. The van der Waals surface area contributed by atoms with Gasteiger partial charge in [-0.1, -0.05) is 41.3 Å². The maximum atomic E-state index is 6.02. The maximum Gasteiger partial charge on any atom is 0.320 e. The SMILES string of the molecule is CCNCc1nnc(Nc2c(Cl)cccc2Cl)o1. The molecule has 0 aliphatic heterocycles. The van der Waals surface area contributed by atoms with Crippen LogP contribution in [0.15, 0.2) is 22.6 Å². The van der Waals surface area contributed by atoms with Crippen LogP contribution in [0.1, 0.15) is 12.8 Å². The predicted octanol–water partition coefficient (Wildman–Crippen LogP) is 3.23. The molecular formula is C11H12Cl2N4O. The van der Waals surface area contributed by atoms with Crippen LogP contribution < -0.4 is 10.6 Å². The molecule has 7 heteroatoms. The lowest BCUT2D eigenvalue weighted by atomic mass is 10.3. The molecule has 2 aromatic rings. The molecule has 1 heterocycles. The minimum absolute atomic E-state index is 0.262. The number of nitrogens with one attached hydrogen (secondary N) is 2. The van der Waals surface area contributed by atoms with E-state index in [1.807, 2.05) is 6.92 Å². The number of halogens is 2. The van der Waals surface area contributed by atoms with Gasteiger partial charge < -0.3 is 15.1 Å². The first-order valence-corrected chi connectivity index (χ1v) is 6.20. The van der Waals surface area contributed by atoms with Crippen molar-refractivity contribution in [3.8, 4) is 0 Å². The number of hydrogen-bond donors (Lipinski definition) is 2. The highest BCUT2D eigenvalue weighted by atomic mass is 35.5. The number of rotatable bonds is 5. The highest BCUT2D eigenvalue weighted by molar-refractivity contribution is 6.39. The monoisotopic (exact) mass is 286 g/mol. The Kier molecular flexibility index (Phi) is 4.41. The van der Waals surface area contributed by atoms with Crippen molar-refractivity contribution in [3.05, 3.63) is 34.1 Å². The molecule has 18 heavy (non-hydrogen) atoms. The fourth-order valence-electron chi connectivity index (χ4n) is 1.33. The van der Waals surface area contributed by atoms with E-state index in [9.17, 15) is 0 Å². The molecule has 1 aromatic heterocycles. The zero-order chi connectivity index (χ0) is 13.0. The first kappa shape index (κ1) is 13.1.